The van der Waals surface area contributed by atoms with Crippen LogP contribution in [-0.4, -0.2) is 35.0 Å². The lowest BCUT2D eigenvalue weighted by molar-refractivity contribution is 0.0949. The van der Waals surface area contributed by atoms with Gasteiger partial charge in [-0.25, -0.2) is 9.97 Å². The minimum Gasteiger partial charge on any atom is -0.354 e. The fraction of sp³-hybridized carbons (Fsp3) is 0.542. The van der Waals surface area contributed by atoms with E-state index >= 15 is 0 Å². The van der Waals surface area contributed by atoms with Crippen LogP contribution in [0.3, 0.4) is 0 Å². The van der Waals surface area contributed by atoms with Crippen LogP contribution in [0.15, 0.2) is 35.5 Å². The van der Waals surface area contributed by atoms with E-state index in [-0.39, 0.29) is 5.91 Å². The molecule has 0 spiro atoms. The van der Waals surface area contributed by atoms with Crippen molar-refractivity contribution in [1.29, 1.82) is 0 Å². The van der Waals surface area contributed by atoms with Gasteiger partial charge in [-0.15, -0.1) is 0 Å². The summed E-state index contributed by atoms with van der Waals surface area (Å²) < 4.78 is 0. The largest absolute Gasteiger partial charge is 0.354 e. The number of hydrogen-bond acceptors (Lipinski definition) is 5. The highest BCUT2D eigenvalue weighted by atomic mass is 32.2. The zero-order valence-electron chi connectivity index (χ0n) is 18.6. The summed E-state index contributed by atoms with van der Waals surface area (Å²) in [4.78, 5) is 24.2. The Kier molecular flexibility index (Phi) is 8.14. The van der Waals surface area contributed by atoms with Gasteiger partial charge in [0, 0.05) is 42.2 Å². The highest BCUT2D eigenvalue weighted by Gasteiger charge is 2.21. The molecule has 0 saturated carbocycles. The van der Waals surface area contributed by atoms with E-state index in [1.165, 1.54) is 24.8 Å². The van der Waals surface area contributed by atoms with Crippen molar-refractivity contribution in [3.8, 4) is 0 Å². The molecule has 1 saturated heterocycles. The van der Waals surface area contributed by atoms with Gasteiger partial charge >= 0.3 is 0 Å². The van der Waals surface area contributed by atoms with Gasteiger partial charge in [0.2, 0.25) is 0 Å². The third-order valence-corrected chi connectivity index (χ3v) is 6.38. The van der Waals surface area contributed by atoms with Crippen LogP contribution in [-0.2, 0) is 12.2 Å². The second-order valence-electron chi connectivity index (χ2n) is 8.48. The predicted octanol–water partition coefficient (Wildman–Crippen LogP) is 5.10. The standard InChI is InChI=1S/C24H34N4OS/c1-5-21-14-22(28-13-7-6-8-18(28)4)27-24(26-21)30-16-19-9-11-20(12-10-19)23(29)25-15-17(2)3/h9-12,14,17-18H,5-8,13,15-16H2,1-4H3,(H,25,29)/t18-/m1/s1. The average molecular weight is 427 g/mol. The molecule has 0 radical (unpaired) electrons. The minimum absolute atomic E-state index is 0.0119. The number of anilines is 1. The number of hydrogen-bond donors (Lipinski definition) is 1. The summed E-state index contributed by atoms with van der Waals surface area (Å²) in [6.45, 7) is 10.4. The van der Waals surface area contributed by atoms with Crippen molar-refractivity contribution in [2.75, 3.05) is 18.0 Å². The van der Waals surface area contributed by atoms with Crippen LogP contribution in [0.5, 0.6) is 0 Å². The molecule has 1 aliphatic heterocycles. The Morgan fingerprint density at radius 3 is 2.67 bits per heavy atom. The molecule has 3 rings (SSSR count). The normalized spacial score (nSPS) is 16.7. The Morgan fingerprint density at radius 1 is 1.23 bits per heavy atom. The molecular weight excluding hydrogens is 392 g/mol. The quantitative estimate of drug-likeness (QED) is 0.470. The molecule has 1 aromatic carbocycles. The van der Waals surface area contributed by atoms with Crippen molar-refractivity contribution >= 4 is 23.5 Å². The molecule has 1 N–H and O–H groups in total. The van der Waals surface area contributed by atoms with Gasteiger partial charge in [0.15, 0.2) is 5.16 Å². The molecule has 2 heterocycles. The summed E-state index contributed by atoms with van der Waals surface area (Å²) in [7, 11) is 0. The van der Waals surface area contributed by atoms with Crippen molar-refractivity contribution in [3.63, 3.8) is 0 Å². The van der Waals surface area contributed by atoms with Crippen LogP contribution in [0.1, 0.15) is 68.6 Å². The first-order chi connectivity index (χ1) is 14.5. The van der Waals surface area contributed by atoms with E-state index in [0.717, 1.165) is 35.4 Å². The van der Waals surface area contributed by atoms with Gasteiger partial charge in [-0.1, -0.05) is 44.7 Å². The highest BCUT2D eigenvalue weighted by Crippen LogP contribution is 2.27. The number of amides is 1. The molecule has 0 unspecified atom stereocenters. The van der Waals surface area contributed by atoms with Gasteiger partial charge in [0.25, 0.3) is 5.91 Å². The summed E-state index contributed by atoms with van der Waals surface area (Å²) in [5.74, 6) is 2.29. The van der Waals surface area contributed by atoms with Crippen LogP contribution >= 0.6 is 11.8 Å². The van der Waals surface area contributed by atoms with E-state index in [4.69, 9.17) is 9.97 Å². The molecule has 30 heavy (non-hydrogen) atoms. The fourth-order valence-electron chi connectivity index (χ4n) is 3.59. The minimum atomic E-state index is -0.0119. The Hall–Kier alpha value is -2.08. The van der Waals surface area contributed by atoms with Crippen LogP contribution in [0.25, 0.3) is 0 Å². The smallest absolute Gasteiger partial charge is 0.251 e. The first-order valence-electron chi connectivity index (χ1n) is 11.1. The Bertz CT molecular complexity index is 838. The molecule has 0 aliphatic carbocycles. The first kappa shape index (κ1) is 22.6. The Labute approximate surface area is 185 Å². The predicted molar refractivity (Wildman–Crippen MR) is 125 cm³/mol. The number of carbonyl (C=O) groups is 1. The number of thioether (sulfide) groups is 1. The third kappa shape index (κ3) is 6.21. The lowest BCUT2D eigenvalue weighted by Crippen LogP contribution is -2.38. The average Bonchev–Trinajstić information content (AvgIpc) is 2.76. The molecule has 5 nitrogen and oxygen atoms in total. The lowest BCUT2D eigenvalue weighted by Gasteiger charge is -2.34. The number of rotatable bonds is 8. The van der Waals surface area contributed by atoms with Crippen LogP contribution in [0.2, 0.25) is 0 Å². The van der Waals surface area contributed by atoms with E-state index in [1.807, 2.05) is 24.3 Å². The second-order valence-corrected chi connectivity index (χ2v) is 9.42. The van der Waals surface area contributed by atoms with E-state index in [0.29, 0.717) is 24.1 Å². The van der Waals surface area contributed by atoms with E-state index in [2.05, 4.69) is 44.0 Å². The van der Waals surface area contributed by atoms with Crippen LogP contribution < -0.4 is 10.2 Å². The molecule has 162 valence electrons. The zero-order valence-corrected chi connectivity index (χ0v) is 19.5. The van der Waals surface area contributed by atoms with Gasteiger partial charge in [-0.2, -0.15) is 0 Å². The maximum absolute atomic E-state index is 12.2. The number of carbonyl (C=O) groups excluding carboxylic acids is 1. The molecule has 1 atom stereocenters. The Balaban J connectivity index is 1.65. The number of piperidine rings is 1. The zero-order chi connectivity index (χ0) is 21.5. The van der Waals surface area contributed by atoms with Crippen molar-refractivity contribution in [1.82, 2.24) is 15.3 Å². The monoisotopic (exact) mass is 426 g/mol. The highest BCUT2D eigenvalue weighted by molar-refractivity contribution is 7.98. The number of nitrogens with zero attached hydrogens (tertiary/aromatic N) is 3. The summed E-state index contributed by atoms with van der Waals surface area (Å²) in [5, 5.41) is 3.79. The maximum atomic E-state index is 12.2. The van der Waals surface area contributed by atoms with Crippen molar-refractivity contribution in [2.45, 2.75) is 70.3 Å². The summed E-state index contributed by atoms with van der Waals surface area (Å²) in [6, 6.07) is 10.5. The maximum Gasteiger partial charge on any atom is 0.251 e. The van der Waals surface area contributed by atoms with Gasteiger partial charge in [-0.3, -0.25) is 4.79 Å². The molecular formula is C24H34N4OS. The number of aromatic nitrogens is 2. The van der Waals surface area contributed by atoms with Gasteiger partial charge in [0.05, 0.1) is 0 Å². The van der Waals surface area contributed by atoms with E-state index < -0.39 is 0 Å². The fourth-order valence-corrected chi connectivity index (χ4v) is 4.42. The lowest BCUT2D eigenvalue weighted by atomic mass is 10.0. The first-order valence-corrected chi connectivity index (χ1v) is 12.1. The summed E-state index contributed by atoms with van der Waals surface area (Å²) in [5.41, 5.74) is 2.96. The van der Waals surface area contributed by atoms with Crippen molar-refractivity contribution in [2.24, 2.45) is 5.92 Å². The topological polar surface area (TPSA) is 58.1 Å². The molecule has 6 heteroatoms. The number of benzene rings is 1. The molecule has 1 aliphatic rings. The van der Waals surface area contributed by atoms with E-state index in [1.54, 1.807) is 11.8 Å². The number of aryl methyl sites for hydroxylation is 1. The Morgan fingerprint density at radius 2 is 2.00 bits per heavy atom. The van der Waals surface area contributed by atoms with E-state index in [9.17, 15) is 4.79 Å². The van der Waals surface area contributed by atoms with Gasteiger partial charge < -0.3 is 10.2 Å². The summed E-state index contributed by atoms with van der Waals surface area (Å²) >= 11 is 1.66. The van der Waals surface area contributed by atoms with Gasteiger partial charge in [0.1, 0.15) is 5.82 Å². The van der Waals surface area contributed by atoms with Crippen molar-refractivity contribution < 1.29 is 4.79 Å². The molecule has 0 bridgehead atoms. The summed E-state index contributed by atoms with van der Waals surface area (Å²) in [6.07, 6.45) is 4.67. The van der Waals surface area contributed by atoms with Crippen molar-refractivity contribution in [3.05, 3.63) is 47.2 Å². The number of nitrogens with one attached hydrogen (secondary N) is 1. The SMILES string of the molecule is CCc1cc(N2CCCC[C@H]2C)nc(SCc2ccc(C(=O)NCC(C)C)cc2)n1. The van der Waals surface area contributed by atoms with Crippen LogP contribution in [0.4, 0.5) is 5.82 Å². The van der Waals surface area contributed by atoms with Crippen LogP contribution in [0, 0.1) is 5.92 Å². The second kappa shape index (κ2) is 10.8. The van der Waals surface area contributed by atoms with Gasteiger partial charge in [-0.05, 0) is 56.2 Å². The molecule has 2 aromatic rings. The third-order valence-electron chi connectivity index (χ3n) is 5.46. The molecule has 1 amide bonds. The molecule has 1 aromatic heterocycles. The molecule has 1 fully saturated rings.